The zero-order valence-electron chi connectivity index (χ0n) is 40.6. The minimum absolute atomic E-state index is 0.0941. The normalized spacial score (nSPS) is 18.5. The summed E-state index contributed by atoms with van der Waals surface area (Å²) in [6, 6.07) is 81.0. The van der Waals surface area contributed by atoms with Crippen LogP contribution in [0.15, 0.2) is 212 Å². The maximum absolute atomic E-state index is 2.62. The van der Waals surface area contributed by atoms with E-state index in [1.807, 2.05) is 0 Å². The van der Waals surface area contributed by atoms with Crippen molar-refractivity contribution in [3.63, 3.8) is 0 Å². The molecular formula is C70H56. The van der Waals surface area contributed by atoms with E-state index in [0.29, 0.717) is 17.8 Å². The standard InChI is InChI=1S/C70H56/c1-69(2)61-28-16-14-20-49(61)51-37-34-47(41-63(51)69)67-57-26-12-13-27-58(57)68(48-35-38-52-50-21-15-17-29-62(50)70(3,4)64(52)42-48)60-40-46(36-39-59(60)67)66-55-24-10-8-22-53(55)65(54-23-9-11-25-56(54)66)45-32-30-44(31-33-45)43-18-6-5-7-19-43/h5-34,36-37,39-41,48,52,64H,35,38,42H2,1-4H3. The molecule has 0 bridgehead atoms. The van der Waals surface area contributed by atoms with Crippen LogP contribution < -0.4 is 0 Å². The average Bonchev–Trinajstić information content (AvgIpc) is 3.78. The Morgan fingerprint density at radius 2 is 0.814 bits per heavy atom. The van der Waals surface area contributed by atoms with Crippen molar-refractivity contribution in [2.24, 2.45) is 5.92 Å². The lowest BCUT2D eigenvalue weighted by atomic mass is 9.64. The molecule has 1 saturated carbocycles. The summed E-state index contributed by atoms with van der Waals surface area (Å²) in [5.41, 5.74) is 20.5. The second kappa shape index (κ2) is 15.5. The highest BCUT2D eigenvalue weighted by Crippen LogP contribution is 2.60. The van der Waals surface area contributed by atoms with Crippen LogP contribution >= 0.6 is 0 Å². The molecule has 3 unspecified atom stereocenters. The number of rotatable bonds is 5. The first kappa shape index (κ1) is 41.4. The van der Waals surface area contributed by atoms with Crippen LogP contribution in [0.3, 0.4) is 0 Å². The van der Waals surface area contributed by atoms with E-state index in [9.17, 15) is 0 Å². The molecule has 0 heteroatoms. The Bertz CT molecular complexity index is 3860. The highest BCUT2D eigenvalue weighted by molar-refractivity contribution is 6.23. The summed E-state index contributed by atoms with van der Waals surface area (Å²) < 4.78 is 0. The Kier molecular flexibility index (Phi) is 9.16. The van der Waals surface area contributed by atoms with E-state index in [1.54, 1.807) is 16.7 Å². The third-order valence-corrected chi connectivity index (χ3v) is 17.7. The maximum atomic E-state index is 2.62. The molecule has 3 atom stereocenters. The van der Waals surface area contributed by atoms with Crippen molar-refractivity contribution in [3.05, 3.63) is 240 Å². The molecule has 0 aliphatic heterocycles. The van der Waals surface area contributed by atoms with Crippen molar-refractivity contribution in [1.82, 2.24) is 0 Å². The first-order chi connectivity index (χ1) is 34.3. The van der Waals surface area contributed by atoms with Crippen molar-refractivity contribution in [1.29, 1.82) is 0 Å². The number of hydrogen-bond acceptors (Lipinski definition) is 0. The Balaban J connectivity index is 1.01. The molecule has 0 aromatic heterocycles. The molecule has 0 spiro atoms. The van der Waals surface area contributed by atoms with E-state index in [0.717, 1.165) is 0 Å². The number of benzene rings is 11. The molecule has 3 aliphatic carbocycles. The molecule has 0 nitrogen and oxygen atoms in total. The summed E-state index contributed by atoms with van der Waals surface area (Å²) in [5, 5.41) is 10.7. The Morgan fingerprint density at radius 3 is 1.50 bits per heavy atom. The van der Waals surface area contributed by atoms with Crippen LogP contribution in [-0.2, 0) is 10.8 Å². The summed E-state index contributed by atoms with van der Waals surface area (Å²) in [6.07, 6.45) is 3.59. The lowest BCUT2D eigenvalue weighted by Gasteiger charge is -2.40. The van der Waals surface area contributed by atoms with E-state index in [1.165, 1.54) is 129 Å². The minimum Gasteiger partial charge on any atom is -0.0622 e. The fourth-order valence-electron chi connectivity index (χ4n) is 14.4. The SMILES string of the molecule is CC1(C)c2ccccc2-c2ccc(-c3c4ccccc4c(C4CCC5c6ccccc6C(C)(C)C5C4)c4cc(-c5c6ccccc6c(-c6ccc(-c7ccccc7)cc6)c6ccccc56)ccc34)cc21. The summed E-state index contributed by atoms with van der Waals surface area (Å²) >= 11 is 0. The van der Waals surface area contributed by atoms with Gasteiger partial charge in [0.1, 0.15) is 0 Å². The van der Waals surface area contributed by atoms with E-state index in [2.05, 4.69) is 240 Å². The smallest absolute Gasteiger partial charge is 0.0159 e. The van der Waals surface area contributed by atoms with E-state index in [4.69, 9.17) is 0 Å². The lowest BCUT2D eigenvalue weighted by Crippen LogP contribution is -2.31. The van der Waals surface area contributed by atoms with Crippen LogP contribution in [0.1, 0.15) is 86.6 Å². The third-order valence-electron chi connectivity index (χ3n) is 17.7. The minimum atomic E-state index is -0.0941. The van der Waals surface area contributed by atoms with Gasteiger partial charge in [0.25, 0.3) is 0 Å². The Hall–Kier alpha value is -7.54. The van der Waals surface area contributed by atoms with Gasteiger partial charge in [-0.05, 0) is 181 Å². The number of hydrogen-bond donors (Lipinski definition) is 0. The third kappa shape index (κ3) is 6.02. The summed E-state index contributed by atoms with van der Waals surface area (Å²) in [5.74, 6) is 1.62. The second-order valence-electron chi connectivity index (χ2n) is 21.8. The fourth-order valence-corrected chi connectivity index (χ4v) is 14.4. The van der Waals surface area contributed by atoms with Gasteiger partial charge in [0.15, 0.2) is 0 Å². The molecule has 14 rings (SSSR count). The number of fused-ring (bicyclic) bond motifs is 10. The first-order valence-corrected chi connectivity index (χ1v) is 25.7. The Labute approximate surface area is 412 Å². The van der Waals surface area contributed by atoms with Crippen molar-refractivity contribution in [2.75, 3.05) is 0 Å². The summed E-state index contributed by atoms with van der Waals surface area (Å²) in [4.78, 5) is 0. The van der Waals surface area contributed by atoms with Gasteiger partial charge in [0.05, 0.1) is 0 Å². The fraction of sp³-hybridized carbons (Fsp3) is 0.171. The van der Waals surface area contributed by atoms with Crippen LogP contribution in [0.25, 0.3) is 98.7 Å². The zero-order valence-corrected chi connectivity index (χ0v) is 40.6. The van der Waals surface area contributed by atoms with Gasteiger partial charge in [-0.15, -0.1) is 0 Å². The molecule has 3 aliphatic rings. The van der Waals surface area contributed by atoms with E-state index in [-0.39, 0.29) is 10.8 Å². The van der Waals surface area contributed by atoms with Gasteiger partial charge in [-0.2, -0.15) is 0 Å². The molecule has 0 saturated heterocycles. The molecule has 0 radical (unpaired) electrons. The predicted molar refractivity (Wildman–Crippen MR) is 298 cm³/mol. The molecule has 0 amide bonds. The van der Waals surface area contributed by atoms with Crippen LogP contribution in [0.2, 0.25) is 0 Å². The van der Waals surface area contributed by atoms with Gasteiger partial charge in [-0.25, -0.2) is 0 Å². The highest BCUT2D eigenvalue weighted by Gasteiger charge is 2.49. The van der Waals surface area contributed by atoms with Gasteiger partial charge in [-0.1, -0.05) is 228 Å². The molecule has 11 aromatic rings. The van der Waals surface area contributed by atoms with Crippen molar-refractivity contribution in [2.45, 2.75) is 69.6 Å². The van der Waals surface area contributed by atoms with Gasteiger partial charge in [0, 0.05) is 5.41 Å². The van der Waals surface area contributed by atoms with Gasteiger partial charge >= 0.3 is 0 Å². The van der Waals surface area contributed by atoms with Crippen LogP contribution in [0.5, 0.6) is 0 Å². The van der Waals surface area contributed by atoms with Crippen molar-refractivity contribution >= 4 is 43.1 Å². The second-order valence-corrected chi connectivity index (χ2v) is 21.8. The summed E-state index contributed by atoms with van der Waals surface area (Å²) in [6.45, 7) is 9.88. The molecular weight excluding hydrogens is 841 g/mol. The van der Waals surface area contributed by atoms with E-state index < -0.39 is 0 Å². The monoisotopic (exact) mass is 896 g/mol. The molecule has 0 heterocycles. The molecule has 11 aromatic carbocycles. The van der Waals surface area contributed by atoms with Gasteiger partial charge in [0.2, 0.25) is 0 Å². The molecule has 0 N–H and O–H groups in total. The average molecular weight is 897 g/mol. The largest absolute Gasteiger partial charge is 0.0622 e. The first-order valence-electron chi connectivity index (χ1n) is 25.7. The topological polar surface area (TPSA) is 0 Å². The summed E-state index contributed by atoms with van der Waals surface area (Å²) in [7, 11) is 0. The van der Waals surface area contributed by atoms with Crippen LogP contribution in [-0.4, -0.2) is 0 Å². The van der Waals surface area contributed by atoms with Gasteiger partial charge in [-0.3, -0.25) is 0 Å². The molecule has 1 fully saturated rings. The highest BCUT2D eigenvalue weighted by atomic mass is 14.5. The van der Waals surface area contributed by atoms with Crippen molar-refractivity contribution < 1.29 is 0 Å². The quantitative estimate of drug-likeness (QED) is 0.151. The van der Waals surface area contributed by atoms with E-state index >= 15 is 0 Å². The van der Waals surface area contributed by atoms with Crippen LogP contribution in [0, 0.1) is 5.92 Å². The lowest BCUT2D eigenvalue weighted by molar-refractivity contribution is 0.214. The van der Waals surface area contributed by atoms with Gasteiger partial charge < -0.3 is 0 Å². The van der Waals surface area contributed by atoms with Crippen molar-refractivity contribution in [3.8, 4) is 55.6 Å². The molecule has 336 valence electrons. The predicted octanol–water partition coefficient (Wildman–Crippen LogP) is 19.2. The Morgan fingerprint density at radius 1 is 0.343 bits per heavy atom. The zero-order chi connectivity index (χ0) is 46.9. The molecule has 70 heavy (non-hydrogen) atoms. The maximum Gasteiger partial charge on any atom is 0.0159 e. The van der Waals surface area contributed by atoms with Crippen LogP contribution in [0.4, 0.5) is 0 Å².